The third-order valence-corrected chi connectivity index (χ3v) is 5.89. The van der Waals surface area contributed by atoms with Crippen LogP contribution in [0, 0.1) is 6.92 Å². The van der Waals surface area contributed by atoms with Crippen LogP contribution in [0.15, 0.2) is 54.9 Å². The van der Waals surface area contributed by atoms with Gasteiger partial charge < -0.3 is 15.4 Å². The molecule has 0 fully saturated rings. The minimum Gasteiger partial charge on any atom is -0.487 e. The van der Waals surface area contributed by atoms with Gasteiger partial charge in [-0.1, -0.05) is 35.3 Å². The number of amides is 2. The van der Waals surface area contributed by atoms with Crippen molar-refractivity contribution in [1.82, 2.24) is 19.6 Å². The maximum atomic E-state index is 13.0. The Morgan fingerprint density at radius 2 is 1.66 bits per heavy atom. The van der Waals surface area contributed by atoms with Crippen molar-refractivity contribution >= 4 is 46.4 Å². The highest BCUT2D eigenvalue weighted by atomic mass is 35.5. The van der Waals surface area contributed by atoms with Crippen molar-refractivity contribution < 1.29 is 14.3 Å². The first-order valence-electron chi connectivity index (χ1n) is 10.5. The summed E-state index contributed by atoms with van der Waals surface area (Å²) in [5.41, 5.74) is 3.02. The van der Waals surface area contributed by atoms with Gasteiger partial charge in [0.1, 0.15) is 18.1 Å². The topological polar surface area (TPSA) is 103 Å². The summed E-state index contributed by atoms with van der Waals surface area (Å²) >= 11 is 12.1. The van der Waals surface area contributed by atoms with Crippen molar-refractivity contribution in [3.05, 3.63) is 87.4 Å². The van der Waals surface area contributed by atoms with E-state index in [0.29, 0.717) is 27.0 Å². The number of nitrogens with zero attached hydrogens (tertiary/aromatic N) is 4. The van der Waals surface area contributed by atoms with Crippen LogP contribution in [0.25, 0.3) is 0 Å². The van der Waals surface area contributed by atoms with Crippen molar-refractivity contribution in [3.63, 3.8) is 0 Å². The lowest BCUT2D eigenvalue weighted by Crippen LogP contribution is -2.20. The molecular weight excluding hydrogens is 491 g/mol. The second kappa shape index (κ2) is 10.2. The molecule has 0 atom stereocenters. The number of hydrogen-bond donors (Lipinski definition) is 2. The van der Waals surface area contributed by atoms with Crippen molar-refractivity contribution in [1.29, 1.82) is 0 Å². The summed E-state index contributed by atoms with van der Waals surface area (Å²) in [5, 5.41) is 14.7. The lowest BCUT2D eigenvalue weighted by atomic mass is 10.1. The Bertz CT molecular complexity index is 1410. The van der Waals surface area contributed by atoms with Crippen molar-refractivity contribution in [2.24, 2.45) is 14.1 Å². The highest BCUT2D eigenvalue weighted by Gasteiger charge is 2.21. The Balaban J connectivity index is 1.46. The standard InChI is InChI=1S/C24H22Cl2N6O3/c1-14-19(11-27-31(14)2)29-24(34)22-20(12-28-32(22)3)30-23(33)16-6-4-5-15(9-16)13-35-21-8-7-17(25)10-18(21)26/h4-12H,13H2,1-3H3,(H,29,34)(H,30,33). The molecular formula is C24H22Cl2N6O3. The zero-order chi connectivity index (χ0) is 25.1. The first-order chi connectivity index (χ1) is 16.7. The number of aromatic nitrogens is 4. The number of carbonyl (C=O) groups excluding carboxylic acids is 2. The van der Waals surface area contributed by atoms with E-state index in [1.807, 2.05) is 13.0 Å². The van der Waals surface area contributed by atoms with E-state index in [4.69, 9.17) is 27.9 Å². The normalized spacial score (nSPS) is 10.8. The van der Waals surface area contributed by atoms with E-state index in [-0.39, 0.29) is 18.0 Å². The first kappa shape index (κ1) is 24.3. The van der Waals surface area contributed by atoms with E-state index < -0.39 is 11.8 Å². The second-order valence-electron chi connectivity index (χ2n) is 7.77. The van der Waals surface area contributed by atoms with E-state index in [1.165, 1.54) is 10.9 Å². The molecule has 0 bridgehead atoms. The van der Waals surface area contributed by atoms with Gasteiger partial charge in [0.05, 0.1) is 34.5 Å². The molecule has 2 N–H and O–H groups in total. The summed E-state index contributed by atoms with van der Waals surface area (Å²) in [6, 6.07) is 11.9. The van der Waals surface area contributed by atoms with Gasteiger partial charge >= 0.3 is 0 Å². The van der Waals surface area contributed by atoms with Crippen LogP contribution in [-0.4, -0.2) is 31.4 Å². The average molecular weight is 513 g/mol. The SMILES string of the molecule is Cc1c(NC(=O)c2c(NC(=O)c3cccc(COc4ccc(Cl)cc4Cl)c3)cnn2C)cnn1C. The fraction of sp³-hybridized carbons (Fsp3) is 0.167. The van der Waals surface area contributed by atoms with Crippen LogP contribution in [0.3, 0.4) is 0 Å². The Morgan fingerprint density at radius 1 is 0.943 bits per heavy atom. The Hall–Kier alpha value is -3.82. The quantitative estimate of drug-likeness (QED) is 0.368. The molecule has 4 rings (SSSR count). The van der Waals surface area contributed by atoms with E-state index >= 15 is 0 Å². The summed E-state index contributed by atoms with van der Waals surface area (Å²) in [6.45, 7) is 2.04. The minimum atomic E-state index is -0.418. The van der Waals surface area contributed by atoms with E-state index in [2.05, 4.69) is 20.8 Å². The van der Waals surface area contributed by atoms with Gasteiger partial charge in [-0.05, 0) is 42.8 Å². The Morgan fingerprint density at radius 3 is 2.37 bits per heavy atom. The number of anilines is 2. The zero-order valence-electron chi connectivity index (χ0n) is 19.2. The smallest absolute Gasteiger partial charge is 0.276 e. The molecule has 11 heteroatoms. The zero-order valence-corrected chi connectivity index (χ0v) is 20.7. The molecule has 2 aromatic carbocycles. The van der Waals surface area contributed by atoms with Crippen LogP contribution in [0.1, 0.15) is 32.1 Å². The molecule has 2 amide bonds. The first-order valence-corrected chi connectivity index (χ1v) is 11.3. The maximum absolute atomic E-state index is 13.0. The molecule has 0 saturated heterocycles. The lowest BCUT2D eigenvalue weighted by molar-refractivity contribution is 0.101. The summed E-state index contributed by atoms with van der Waals surface area (Å²) in [4.78, 5) is 25.9. The number of rotatable bonds is 7. The van der Waals surface area contributed by atoms with Gasteiger partial charge in [0.25, 0.3) is 11.8 Å². The Labute approximate surface area is 211 Å². The van der Waals surface area contributed by atoms with E-state index in [9.17, 15) is 9.59 Å². The summed E-state index contributed by atoms with van der Waals surface area (Å²) in [5.74, 6) is -0.324. The predicted molar refractivity (Wildman–Crippen MR) is 134 cm³/mol. The molecule has 0 unspecified atom stereocenters. The number of halogens is 2. The van der Waals surface area contributed by atoms with Gasteiger partial charge in [-0.2, -0.15) is 10.2 Å². The van der Waals surface area contributed by atoms with Gasteiger partial charge in [0.15, 0.2) is 0 Å². The van der Waals surface area contributed by atoms with E-state index in [0.717, 1.165) is 11.3 Å². The summed E-state index contributed by atoms with van der Waals surface area (Å²) in [6.07, 6.45) is 2.99. The van der Waals surface area contributed by atoms with Crippen molar-refractivity contribution in [2.75, 3.05) is 10.6 Å². The summed E-state index contributed by atoms with van der Waals surface area (Å²) < 4.78 is 8.81. The van der Waals surface area contributed by atoms with Gasteiger partial charge in [-0.25, -0.2) is 0 Å². The summed E-state index contributed by atoms with van der Waals surface area (Å²) in [7, 11) is 3.41. The van der Waals surface area contributed by atoms with Crippen molar-refractivity contribution in [3.8, 4) is 5.75 Å². The molecule has 2 heterocycles. The highest BCUT2D eigenvalue weighted by molar-refractivity contribution is 6.35. The number of ether oxygens (including phenoxy) is 1. The fourth-order valence-electron chi connectivity index (χ4n) is 3.35. The molecule has 180 valence electrons. The third-order valence-electron chi connectivity index (χ3n) is 5.36. The second-order valence-corrected chi connectivity index (χ2v) is 8.61. The van der Waals surface area contributed by atoms with Crippen LogP contribution in [0.4, 0.5) is 11.4 Å². The van der Waals surface area contributed by atoms with Crippen LogP contribution >= 0.6 is 23.2 Å². The number of carbonyl (C=O) groups is 2. The number of hydrogen-bond acceptors (Lipinski definition) is 5. The molecule has 9 nitrogen and oxygen atoms in total. The van der Waals surface area contributed by atoms with Gasteiger partial charge in [-0.15, -0.1) is 0 Å². The van der Waals surface area contributed by atoms with Gasteiger partial charge in [0, 0.05) is 24.7 Å². The number of benzene rings is 2. The highest BCUT2D eigenvalue weighted by Crippen LogP contribution is 2.28. The van der Waals surface area contributed by atoms with Crippen LogP contribution < -0.4 is 15.4 Å². The predicted octanol–water partition coefficient (Wildman–Crippen LogP) is 4.85. The molecule has 2 aromatic heterocycles. The molecule has 0 aliphatic heterocycles. The van der Waals surface area contributed by atoms with E-state index in [1.54, 1.807) is 61.4 Å². The molecule has 0 aliphatic rings. The minimum absolute atomic E-state index is 0.202. The average Bonchev–Trinajstić information content (AvgIpc) is 3.35. The number of aryl methyl sites for hydroxylation is 2. The van der Waals surface area contributed by atoms with Gasteiger partial charge in [-0.3, -0.25) is 19.0 Å². The van der Waals surface area contributed by atoms with Crippen LogP contribution in [0.5, 0.6) is 5.75 Å². The molecule has 35 heavy (non-hydrogen) atoms. The van der Waals surface area contributed by atoms with Crippen LogP contribution in [-0.2, 0) is 20.7 Å². The number of nitrogens with one attached hydrogen (secondary N) is 2. The molecule has 0 aliphatic carbocycles. The maximum Gasteiger partial charge on any atom is 0.276 e. The van der Waals surface area contributed by atoms with Gasteiger partial charge in [0.2, 0.25) is 0 Å². The Kier molecular flexibility index (Phi) is 7.09. The fourth-order valence-corrected chi connectivity index (χ4v) is 3.81. The van der Waals surface area contributed by atoms with Crippen molar-refractivity contribution in [2.45, 2.75) is 13.5 Å². The molecule has 0 saturated carbocycles. The molecule has 0 spiro atoms. The molecule has 0 radical (unpaired) electrons. The van der Waals surface area contributed by atoms with Crippen LogP contribution in [0.2, 0.25) is 10.0 Å². The largest absolute Gasteiger partial charge is 0.487 e. The molecule has 4 aromatic rings. The third kappa shape index (κ3) is 5.47. The lowest BCUT2D eigenvalue weighted by Gasteiger charge is -2.11. The monoisotopic (exact) mass is 512 g/mol.